The van der Waals surface area contributed by atoms with Crippen molar-refractivity contribution in [2.24, 2.45) is 0 Å². The van der Waals surface area contributed by atoms with Crippen LogP contribution < -0.4 is 5.32 Å². The minimum absolute atomic E-state index is 0.112. The van der Waals surface area contributed by atoms with Gasteiger partial charge in [0.05, 0.1) is 6.10 Å². The highest BCUT2D eigenvalue weighted by atomic mass is 16.5. The molecule has 0 aromatic heterocycles. The van der Waals surface area contributed by atoms with E-state index in [9.17, 15) is 9.90 Å². The lowest BCUT2D eigenvalue weighted by molar-refractivity contribution is -0.152. The number of aliphatic carboxylic acids is 1. The maximum Gasteiger partial charge on any atom is 0.324 e. The van der Waals surface area contributed by atoms with Gasteiger partial charge in [-0.1, -0.05) is 13.3 Å². The number of hydrogen-bond donors (Lipinski definition) is 2. The summed E-state index contributed by atoms with van der Waals surface area (Å²) >= 11 is 0. The van der Waals surface area contributed by atoms with Crippen LogP contribution in [0.1, 0.15) is 45.4 Å². The second kappa shape index (κ2) is 4.72. The number of ether oxygens (including phenoxy) is 1. The molecule has 0 aromatic rings. The van der Waals surface area contributed by atoms with Gasteiger partial charge in [0.15, 0.2) is 0 Å². The summed E-state index contributed by atoms with van der Waals surface area (Å²) in [6.45, 7) is 2.67. The van der Waals surface area contributed by atoms with Crippen molar-refractivity contribution in [1.29, 1.82) is 0 Å². The van der Waals surface area contributed by atoms with E-state index in [0.717, 1.165) is 25.7 Å². The largest absolute Gasteiger partial charge is 0.480 e. The van der Waals surface area contributed by atoms with Gasteiger partial charge in [-0.25, -0.2) is 0 Å². The van der Waals surface area contributed by atoms with Gasteiger partial charge in [0.1, 0.15) is 5.54 Å². The predicted molar refractivity (Wildman–Crippen MR) is 60.4 cm³/mol. The van der Waals surface area contributed by atoms with Crippen molar-refractivity contribution in [2.45, 2.75) is 63.1 Å². The molecule has 0 amide bonds. The summed E-state index contributed by atoms with van der Waals surface area (Å²) < 4.78 is 5.62. The molecular weight excluding hydrogens is 206 g/mol. The van der Waals surface area contributed by atoms with Crippen molar-refractivity contribution in [3.05, 3.63) is 0 Å². The lowest BCUT2D eigenvalue weighted by Gasteiger charge is -2.38. The Kier molecular flexibility index (Phi) is 3.50. The molecule has 2 rings (SSSR count). The van der Waals surface area contributed by atoms with E-state index < -0.39 is 11.5 Å². The van der Waals surface area contributed by atoms with Gasteiger partial charge in [-0.2, -0.15) is 0 Å². The highest BCUT2D eigenvalue weighted by Crippen LogP contribution is 2.32. The maximum absolute atomic E-state index is 11.5. The van der Waals surface area contributed by atoms with Crippen molar-refractivity contribution in [3.63, 3.8) is 0 Å². The summed E-state index contributed by atoms with van der Waals surface area (Å²) in [7, 11) is 0. The molecule has 2 unspecified atom stereocenters. The molecule has 4 nitrogen and oxygen atoms in total. The van der Waals surface area contributed by atoms with Crippen LogP contribution in [-0.2, 0) is 9.53 Å². The minimum Gasteiger partial charge on any atom is -0.480 e. The fourth-order valence-corrected chi connectivity index (χ4v) is 2.46. The third-order valence-electron chi connectivity index (χ3n) is 3.54. The highest BCUT2D eigenvalue weighted by Gasteiger charge is 2.46. The Morgan fingerprint density at radius 1 is 1.56 bits per heavy atom. The van der Waals surface area contributed by atoms with E-state index in [2.05, 4.69) is 12.2 Å². The van der Waals surface area contributed by atoms with Crippen LogP contribution >= 0.6 is 0 Å². The number of nitrogens with one attached hydrogen (secondary N) is 1. The van der Waals surface area contributed by atoms with Crippen LogP contribution in [0.15, 0.2) is 0 Å². The van der Waals surface area contributed by atoms with E-state index in [1.54, 1.807) is 0 Å². The quantitative estimate of drug-likeness (QED) is 0.748. The van der Waals surface area contributed by atoms with Gasteiger partial charge in [-0.3, -0.25) is 10.1 Å². The summed E-state index contributed by atoms with van der Waals surface area (Å²) in [5.41, 5.74) is -0.723. The van der Waals surface area contributed by atoms with Gasteiger partial charge in [0.2, 0.25) is 0 Å². The molecule has 0 spiro atoms. The fourth-order valence-electron chi connectivity index (χ4n) is 2.46. The molecule has 2 fully saturated rings. The standard InChI is InChI=1S/C12H21NO3/c1-2-3-10-8-12(11(14)15,6-7-16-10)13-9-4-5-9/h9-10,13H,2-8H2,1H3,(H,14,15). The van der Waals surface area contributed by atoms with Crippen LogP contribution in [0.3, 0.4) is 0 Å². The summed E-state index contributed by atoms with van der Waals surface area (Å²) in [4.78, 5) is 11.5. The van der Waals surface area contributed by atoms with Gasteiger partial charge in [-0.15, -0.1) is 0 Å². The molecule has 16 heavy (non-hydrogen) atoms. The number of hydrogen-bond acceptors (Lipinski definition) is 3. The Hall–Kier alpha value is -0.610. The monoisotopic (exact) mass is 227 g/mol. The SMILES string of the molecule is CCCC1CC(NC2CC2)(C(=O)O)CCO1. The molecule has 2 atom stereocenters. The smallest absolute Gasteiger partial charge is 0.324 e. The summed E-state index contributed by atoms with van der Waals surface area (Å²) in [6, 6.07) is 0.427. The molecule has 1 saturated heterocycles. The molecule has 1 heterocycles. The third-order valence-corrected chi connectivity index (χ3v) is 3.54. The topological polar surface area (TPSA) is 58.6 Å². The minimum atomic E-state index is -0.723. The van der Waals surface area contributed by atoms with Crippen molar-refractivity contribution in [2.75, 3.05) is 6.61 Å². The van der Waals surface area contributed by atoms with E-state index in [1.807, 2.05) is 0 Å². The van der Waals surface area contributed by atoms with E-state index in [-0.39, 0.29) is 6.10 Å². The number of carboxylic acid groups (broad SMARTS) is 1. The number of rotatable bonds is 5. The lowest BCUT2D eigenvalue weighted by atomic mass is 9.85. The van der Waals surface area contributed by atoms with Crippen LogP contribution in [0.5, 0.6) is 0 Å². The average molecular weight is 227 g/mol. The average Bonchev–Trinajstić information content (AvgIpc) is 3.02. The lowest BCUT2D eigenvalue weighted by Crippen LogP contribution is -2.58. The first-order chi connectivity index (χ1) is 7.66. The Labute approximate surface area is 96.4 Å². The van der Waals surface area contributed by atoms with Crippen molar-refractivity contribution >= 4 is 5.97 Å². The van der Waals surface area contributed by atoms with Gasteiger partial charge in [-0.05, 0) is 25.7 Å². The normalized spacial score (nSPS) is 34.9. The fraction of sp³-hybridized carbons (Fsp3) is 0.917. The summed E-state index contributed by atoms with van der Waals surface area (Å²) in [6.07, 6.45) is 5.57. The van der Waals surface area contributed by atoms with Crippen LogP contribution in [0, 0.1) is 0 Å². The molecule has 0 bridgehead atoms. The molecule has 4 heteroatoms. The first-order valence-corrected chi connectivity index (χ1v) is 6.29. The zero-order chi connectivity index (χ0) is 11.6. The Balaban J connectivity index is 2.01. The third kappa shape index (κ3) is 2.55. The van der Waals surface area contributed by atoms with Crippen LogP contribution in [-0.4, -0.2) is 35.4 Å². The molecule has 0 aromatic carbocycles. The first kappa shape index (κ1) is 11.9. The van der Waals surface area contributed by atoms with Crippen LogP contribution in [0.4, 0.5) is 0 Å². The molecule has 1 aliphatic carbocycles. The van der Waals surface area contributed by atoms with Crippen LogP contribution in [0.2, 0.25) is 0 Å². The Morgan fingerprint density at radius 2 is 2.31 bits per heavy atom. The molecule has 2 N–H and O–H groups in total. The molecule has 0 radical (unpaired) electrons. The molecule has 1 saturated carbocycles. The summed E-state index contributed by atoms with van der Waals surface area (Å²) in [5, 5.41) is 12.7. The van der Waals surface area contributed by atoms with Gasteiger partial charge < -0.3 is 9.84 Å². The number of carboxylic acids is 1. The number of carbonyl (C=O) groups is 1. The Bertz CT molecular complexity index is 263. The molecule has 1 aliphatic heterocycles. The zero-order valence-electron chi connectivity index (χ0n) is 9.87. The van der Waals surface area contributed by atoms with Crippen molar-refractivity contribution in [3.8, 4) is 0 Å². The van der Waals surface area contributed by atoms with Crippen molar-refractivity contribution < 1.29 is 14.6 Å². The van der Waals surface area contributed by atoms with Gasteiger partial charge in [0.25, 0.3) is 0 Å². The van der Waals surface area contributed by atoms with E-state index in [0.29, 0.717) is 25.5 Å². The van der Waals surface area contributed by atoms with Crippen molar-refractivity contribution in [1.82, 2.24) is 5.32 Å². The van der Waals surface area contributed by atoms with E-state index in [4.69, 9.17) is 4.74 Å². The maximum atomic E-state index is 11.5. The summed E-state index contributed by atoms with van der Waals surface area (Å²) in [5.74, 6) is -0.705. The van der Waals surface area contributed by atoms with Crippen LogP contribution in [0.25, 0.3) is 0 Å². The van der Waals surface area contributed by atoms with E-state index >= 15 is 0 Å². The zero-order valence-corrected chi connectivity index (χ0v) is 9.87. The molecule has 92 valence electrons. The second-order valence-electron chi connectivity index (χ2n) is 5.04. The van der Waals surface area contributed by atoms with Gasteiger partial charge >= 0.3 is 5.97 Å². The Morgan fingerprint density at radius 3 is 2.88 bits per heavy atom. The molecule has 2 aliphatic rings. The predicted octanol–water partition coefficient (Wildman–Crippen LogP) is 1.54. The van der Waals surface area contributed by atoms with E-state index in [1.165, 1.54) is 0 Å². The second-order valence-corrected chi connectivity index (χ2v) is 5.04. The first-order valence-electron chi connectivity index (χ1n) is 6.29. The highest BCUT2D eigenvalue weighted by molar-refractivity contribution is 5.79. The molecular formula is C12H21NO3. The van der Waals surface area contributed by atoms with Gasteiger partial charge in [0, 0.05) is 19.1 Å².